The van der Waals surface area contributed by atoms with Crippen LogP contribution in [-0.4, -0.2) is 53.7 Å². The topological polar surface area (TPSA) is 131 Å². The SMILES string of the molecule is CC(C)(C)[C@H](NC=O)C(=O)N1Cc2ccccc2CC1C(=O)NC(C#N)CC1CCNC1=O. The van der Waals surface area contributed by atoms with Gasteiger partial charge in [-0.2, -0.15) is 5.26 Å². The van der Waals surface area contributed by atoms with Gasteiger partial charge in [0.25, 0.3) is 0 Å². The maximum Gasteiger partial charge on any atom is 0.246 e. The lowest BCUT2D eigenvalue weighted by atomic mass is 9.84. The third kappa shape index (κ3) is 5.51. The van der Waals surface area contributed by atoms with Crippen LogP contribution in [-0.2, 0) is 32.1 Å². The number of hydrogen-bond donors (Lipinski definition) is 3. The van der Waals surface area contributed by atoms with Gasteiger partial charge in [-0.1, -0.05) is 45.0 Å². The van der Waals surface area contributed by atoms with E-state index >= 15 is 0 Å². The Morgan fingerprint density at radius 2 is 2.00 bits per heavy atom. The lowest BCUT2D eigenvalue weighted by Crippen LogP contribution is -2.60. The largest absolute Gasteiger partial charge is 0.356 e. The first-order valence-corrected chi connectivity index (χ1v) is 11.2. The fourth-order valence-electron chi connectivity index (χ4n) is 4.48. The maximum absolute atomic E-state index is 13.5. The summed E-state index contributed by atoms with van der Waals surface area (Å²) in [6.45, 7) is 6.32. The van der Waals surface area contributed by atoms with Gasteiger partial charge in [-0.05, 0) is 29.4 Å². The molecule has 1 saturated heterocycles. The van der Waals surface area contributed by atoms with Gasteiger partial charge in [0.1, 0.15) is 18.1 Å². The van der Waals surface area contributed by atoms with Crippen molar-refractivity contribution < 1.29 is 19.2 Å². The maximum atomic E-state index is 13.5. The molecule has 4 atom stereocenters. The first kappa shape index (κ1) is 24.2. The molecule has 3 N–H and O–H groups in total. The second-order valence-electron chi connectivity index (χ2n) is 9.74. The minimum atomic E-state index is -0.841. The van der Waals surface area contributed by atoms with E-state index in [2.05, 4.69) is 22.0 Å². The van der Waals surface area contributed by atoms with Crippen LogP contribution >= 0.6 is 0 Å². The number of nitrogens with one attached hydrogen (secondary N) is 3. The highest BCUT2D eigenvalue weighted by atomic mass is 16.2. The highest BCUT2D eigenvalue weighted by Crippen LogP contribution is 2.28. The van der Waals surface area contributed by atoms with E-state index in [0.29, 0.717) is 25.8 Å². The summed E-state index contributed by atoms with van der Waals surface area (Å²) >= 11 is 0. The van der Waals surface area contributed by atoms with Crippen LogP contribution in [0.15, 0.2) is 24.3 Å². The van der Waals surface area contributed by atoms with Crippen molar-refractivity contribution in [3.63, 3.8) is 0 Å². The van der Waals surface area contributed by atoms with E-state index in [4.69, 9.17) is 0 Å². The quantitative estimate of drug-likeness (QED) is 0.521. The molecule has 176 valence electrons. The second-order valence-corrected chi connectivity index (χ2v) is 9.74. The van der Waals surface area contributed by atoms with Crippen LogP contribution in [0.4, 0.5) is 0 Å². The van der Waals surface area contributed by atoms with Crippen LogP contribution in [0.25, 0.3) is 0 Å². The summed E-state index contributed by atoms with van der Waals surface area (Å²) in [5.74, 6) is -1.22. The molecule has 2 heterocycles. The van der Waals surface area contributed by atoms with Gasteiger partial charge in [0, 0.05) is 25.4 Å². The Bertz CT molecular complexity index is 964. The van der Waals surface area contributed by atoms with E-state index in [0.717, 1.165) is 11.1 Å². The number of hydrogen-bond acceptors (Lipinski definition) is 5. The van der Waals surface area contributed by atoms with Gasteiger partial charge in [0.2, 0.25) is 24.1 Å². The van der Waals surface area contributed by atoms with Gasteiger partial charge in [0.15, 0.2) is 0 Å². The summed E-state index contributed by atoms with van der Waals surface area (Å²) in [6.07, 6.45) is 1.65. The molecule has 0 saturated carbocycles. The summed E-state index contributed by atoms with van der Waals surface area (Å²) in [7, 11) is 0. The summed E-state index contributed by atoms with van der Waals surface area (Å²) in [6, 6.07) is 7.19. The molecule has 0 aliphatic carbocycles. The van der Waals surface area contributed by atoms with E-state index in [9.17, 15) is 24.4 Å². The minimum Gasteiger partial charge on any atom is -0.356 e. The molecule has 3 rings (SSSR count). The van der Waals surface area contributed by atoms with Gasteiger partial charge in [-0.15, -0.1) is 0 Å². The Morgan fingerprint density at radius 3 is 2.58 bits per heavy atom. The van der Waals surface area contributed by atoms with Crippen molar-refractivity contribution in [1.29, 1.82) is 5.26 Å². The monoisotopic (exact) mass is 453 g/mol. The van der Waals surface area contributed by atoms with Crippen molar-refractivity contribution in [2.45, 2.75) is 64.7 Å². The molecule has 2 aliphatic rings. The third-order valence-electron chi connectivity index (χ3n) is 6.34. The summed E-state index contributed by atoms with van der Waals surface area (Å²) in [5.41, 5.74) is 1.33. The van der Waals surface area contributed by atoms with Gasteiger partial charge < -0.3 is 20.9 Å². The van der Waals surface area contributed by atoms with Crippen molar-refractivity contribution >= 4 is 24.1 Å². The Kier molecular flexibility index (Phi) is 7.36. The Hall–Kier alpha value is -3.41. The number of amides is 4. The number of carbonyl (C=O) groups excluding carboxylic acids is 4. The molecule has 0 spiro atoms. The van der Waals surface area contributed by atoms with E-state index in [-0.39, 0.29) is 30.7 Å². The summed E-state index contributed by atoms with van der Waals surface area (Å²) in [5, 5.41) is 17.7. The van der Waals surface area contributed by atoms with Crippen LogP contribution in [0.3, 0.4) is 0 Å². The third-order valence-corrected chi connectivity index (χ3v) is 6.34. The first-order valence-electron chi connectivity index (χ1n) is 11.2. The molecule has 9 heteroatoms. The van der Waals surface area contributed by atoms with Crippen molar-refractivity contribution in [3.8, 4) is 6.07 Å². The normalized spacial score (nSPS) is 21.8. The summed E-state index contributed by atoms with van der Waals surface area (Å²) in [4.78, 5) is 51.5. The number of benzene rings is 1. The van der Waals surface area contributed by atoms with E-state index in [1.165, 1.54) is 4.90 Å². The van der Waals surface area contributed by atoms with E-state index in [1.54, 1.807) is 0 Å². The van der Waals surface area contributed by atoms with Crippen molar-refractivity contribution in [3.05, 3.63) is 35.4 Å². The van der Waals surface area contributed by atoms with Crippen LogP contribution in [0.5, 0.6) is 0 Å². The fourth-order valence-corrected chi connectivity index (χ4v) is 4.48. The number of carbonyl (C=O) groups is 4. The Morgan fingerprint density at radius 1 is 1.30 bits per heavy atom. The van der Waals surface area contributed by atoms with Gasteiger partial charge in [-0.3, -0.25) is 19.2 Å². The van der Waals surface area contributed by atoms with Crippen LogP contribution in [0, 0.1) is 22.7 Å². The molecule has 0 radical (unpaired) electrons. The molecule has 2 aliphatic heterocycles. The first-order chi connectivity index (χ1) is 15.7. The molecule has 0 bridgehead atoms. The molecule has 9 nitrogen and oxygen atoms in total. The molecule has 33 heavy (non-hydrogen) atoms. The van der Waals surface area contributed by atoms with Crippen molar-refractivity contribution in [2.75, 3.05) is 6.54 Å². The smallest absolute Gasteiger partial charge is 0.246 e. The zero-order valence-corrected chi connectivity index (χ0v) is 19.3. The molecule has 1 aromatic carbocycles. The van der Waals surface area contributed by atoms with Crippen molar-refractivity contribution in [1.82, 2.24) is 20.9 Å². The van der Waals surface area contributed by atoms with Gasteiger partial charge >= 0.3 is 0 Å². The molecular formula is C24H31N5O4. The Balaban J connectivity index is 1.85. The zero-order valence-electron chi connectivity index (χ0n) is 19.3. The average Bonchev–Trinajstić information content (AvgIpc) is 3.18. The van der Waals surface area contributed by atoms with E-state index in [1.807, 2.05) is 45.0 Å². The molecule has 1 fully saturated rings. The molecule has 0 aromatic heterocycles. The zero-order chi connectivity index (χ0) is 24.2. The van der Waals surface area contributed by atoms with Crippen LogP contribution in [0.2, 0.25) is 0 Å². The van der Waals surface area contributed by atoms with Crippen LogP contribution < -0.4 is 16.0 Å². The number of nitrogens with zero attached hydrogens (tertiary/aromatic N) is 2. The lowest BCUT2D eigenvalue weighted by molar-refractivity contribution is -0.146. The second kappa shape index (κ2) is 10.0. The number of nitriles is 1. The van der Waals surface area contributed by atoms with Gasteiger partial charge in [-0.25, -0.2) is 0 Å². The summed E-state index contributed by atoms with van der Waals surface area (Å²) < 4.78 is 0. The highest BCUT2D eigenvalue weighted by molar-refractivity contribution is 5.92. The molecular weight excluding hydrogens is 422 g/mol. The fraction of sp³-hybridized carbons (Fsp3) is 0.542. The lowest BCUT2D eigenvalue weighted by Gasteiger charge is -2.40. The molecule has 1 aromatic rings. The number of fused-ring (bicyclic) bond motifs is 1. The molecule has 3 unspecified atom stereocenters. The molecule has 4 amide bonds. The number of rotatable bonds is 7. The highest BCUT2D eigenvalue weighted by Gasteiger charge is 2.41. The average molecular weight is 454 g/mol. The predicted octanol–water partition coefficient (Wildman–Crippen LogP) is 0.635. The Labute approximate surface area is 193 Å². The standard InChI is InChI=1S/C24H31N5O4/c1-24(2,3)20(27-14-30)23(33)29-13-17-7-5-4-6-15(17)11-19(29)22(32)28-18(12-25)10-16-8-9-26-21(16)31/h4-7,14,16,18-20H,8-11,13H2,1-3H3,(H,26,31)(H,27,30)(H,28,32)/t16?,18?,19?,20-/m1/s1. The predicted molar refractivity (Wildman–Crippen MR) is 120 cm³/mol. The van der Waals surface area contributed by atoms with E-state index < -0.39 is 29.4 Å². The minimum absolute atomic E-state index is 0.110. The van der Waals surface area contributed by atoms with Crippen LogP contribution in [0.1, 0.15) is 44.7 Å². The van der Waals surface area contributed by atoms with Gasteiger partial charge in [0.05, 0.1) is 6.07 Å². The van der Waals surface area contributed by atoms with Crippen molar-refractivity contribution in [2.24, 2.45) is 11.3 Å².